The van der Waals surface area contributed by atoms with Crippen LogP contribution in [0.1, 0.15) is 38.8 Å². The number of benzene rings is 1. The first kappa shape index (κ1) is 21.8. The SMILES string of the molecule is CCOP(=O)(OCC)[C@@H]1CC=C[C@@H](N2C(=O)OC[C@H]2c2ccccc2)[C@H]1C(C)=O. The second-order valence-electron chi connectivity index (χ2n) is 7.14. The minimum Gasteiger partial charge on any atom is -0.447 e. The van der Waals surface area contributed by atoms with Crippen LogP contribution in [-0.2, 0) is 23.1 Å². The predicted molar refractivity (Wildman–Crippen MR) is 109 cm³/mol. The van der Waals surface area contributed by atoms with Crippen molar-refractivity contribution in [3.63, 3.8) is 0 Å². The summed E-state index contributed by atoms with van der Waals surface area (Å²) >= 11 is 0. The molecule has 29 heavy (non-hydrogen) atoms. The van der Waals surface area contributed by atoms with Gasteiger partial charge in [-0.05, 0) is 32.8 Å². The van der Waals surface area contributed by atoms with Crippen LogP contribution < -0.4 is 0 Å². The molecule has 7 nitrogen and oxygen atoms in total. The van der Waals surface area contributed by atoms with E-state index in [-0.39, 0.29) is 31.6 Å². The molecule has 0 bridgehead atoms. The lowest BCUT2D eigenvalue weighted by Crippen LogP contribution is -2.49. The average Bonchev–Trinajstić information content (AvgIpc) is 3.09. The first-order chi connectivity index (χ1) is 13.9. The lowest BCUT2D eigenvalue weighted by molar-refractivity contribution is -0.122. The van der Waals surface area contributed by atoms with Gasteiger partial charge in [-0.2, -0.15) is 0 Å². The number of nitrogens with zero attached hydrogens (tertiary/aromatic N) is 1. The number of cyclic esters (lactones) is 1. The number of carbonyl (C=O) groups excluding carboxylic acids is 2. The molecule has 0 radical (unpaired) electrons. The molecule has 0 unspecified atom stereocenters. The van der Waals surface area contributed by atoms with E-state index in [9.17, 15) is 14.2 Å². The Morgan fingerprint density at radius 2 is 1.86 bits per heavy atom. The van der Waals surface area contributed by atoms with Crippen molar-refractivity contribution in [2.45, 2.75) is 44.9 Å². The van der Waals surface area contributed by atoms with Gasteiger partial charge in [-0.15, -0.1) is 0 Å². The van der Waals surface area contributed by atoms with Crippen LogP contribution in [0.25, 0.3) is 0 Å². The Bertz CT molecular complexity index is 801. The molecule has 1 aliphatic heterocycles. The smallest absolute Gasteiger partial charge is 0.411 e. The lowest BCUT2D eigenvalue weighted by Gasteiger charge is -2.41. The molecule has 0 spiro atoms. The molecule has 1 fully saturated rings. The maximum Gasteiger partial charge on any atom is 0.411 e. The third-order valence-corrected chi connectivity index (χ3v) is 7.98. The van der Waals surface area contributed by atoms with Crippen molar-refractivity contribution < 1.29 is 27.9 Å². The number of carbonyl (C=O) groups is 2. The van der Waals surface area contributed by atoms with Crippen molar-refractivity contribution >= 4 is 19.5 Å². The minimum absolute atomic E-state index is 0.157. The Morgan fingerprint density at radius 1 is 1.21 bits per heavy atom. The molecule has 1 heterocycles. The summed E-state index contributed by atoms with van der Waals surface area (Å²) in [5.41, 5.74) is 0.272. The van der Waals surface area contributed by atoms with E-state index in [2.05, 4.69) is 0 Å². The molecular weight excluding hydrogens is 393 g/mol. The maximum atomic E-state index is 13.5. The van der Waals surface area contributed by atoms with Gasteiger partial charge in [-0.1, -0.05) is 42.5 Å². The average molecular weight is 421 g/mol. The van der Waals surface area contributed by atoms with Gasteiger partial charge >= 0.3 is 13.7 Å². The molecule has 8 heteroatoms. The zero-order valence-corrected chi connectivity index (χ0v) is 17.9. The first-order valence-electron chi connectivity index (χ1n) is 9.98. The highest BCUT2D eigenvalue weighted by molar-refractivity contribution is 7.54. The molecule has 1 saturated heterocycles. The molecule has 1 aromatic carbocycles. The summed E-state index contributed by atoms with van der Waals surface area (Å²) in [6, 6.07) is 8.65. The highest BCUT2D eigenvalue weighted by atomic mass is 31.2. The number of amides is 1. The molecule has 4 atom stereocenters. The molecule has 0 aromatic heterocycles. The van der Waals surface area contributed by atoms with E-state index in [0.29, 0.717) is 6.42 Å². The fraction of sp³-hybridized carbons (Fsp3) is 0.524. The zero-order chi connectivity index (χ0) is 21.0. The normalized spacial score (nSPS) is 27.1. The number of Topliss-reactive ketones (excluding diaryl/α,β-unsaturated/α-hetero) is 1. The lowest BCUT2D eigenvalue weighted by atomic mass is 9.84. The highest BCUT2D eigenvalue weighted by Crippen LogP contribution is 2.59. The van der Waals surface area contributed by atoms with Gasteiger partial charge in [-0.3, -0.25) is 14.3 Å². The van der Waals surface area contributed by atoms with E-state index in [1.807, 2.05) is 42.5 Å². The monoisotopic (exact) mass is 421 g/mol. The highest BCUT2D eigenvalue weighted by Gasteiger charge is 2.51. The first-order valence-corrected chi connectivity index (χ1v) is 11.6. The van der Waals surface area contributed by atoms with E-state index in [1.54, 1.807) is 18.7 Å². The quantitative estimate of drug-likeness (QED) is 0.459. The van der Waals surface area contributed by atoms with Gasteiger partial charge < -0.3 is 13.8 Å². The Hall–Kier alpha value is -1.95. The molecule has 0 saturated carbocycles. The standard InChI is InChI=1S/C21H28NO6P/c1-4-27-29(25,28-5-2)19-13-9-12-17(20(19)15(3)23)22-18(14-26-21(22)24)16-10-7-6-8-11-16/h6-12,17-20H,4-5,13-14H2,1-3H3/t17-,18+,19-,20-/m1/s1. The fourth-order valence-corrected chi connectivity index (χ4v) is 6.57. The van der Waals surface area contributed by atoms with Crippen LogP contribution in [0, 0.1) is 5.92 Å². The molecule has 1 amide bonds. The second kappa shape index (κ2) is 9.24. The molecular formula is C21H28NO6P. The molecule has 158 valence electrons. The summed E-state index contributed by atoms with van der Waals surface area (Å²) in [5, 5.41) is 0. The van der Waals surface area contributed by atoms with Gasteiger partial charge in [0.2, 0.25) is 0 Å². The number of hydrogen-bond acceptors (Lipinski definition) is 6. The second-order valence-corrected chi connectivity index (χ2v) is 9.40. The van der Waals surface area contributed by atoms with Gasteiger partial charge in [-0.25, -0.2) is 4.79 Å². The Balaban J connectivity index is 2.00. The van der Waals surface area contributed by atoms with Crippen LogP contribution in [0.3, 0.4) is 0 Å². The summed E-state index contributed by atoms with van der Waals surface area (Å²) in [6.45, 7) is 5.58. The van der Waals surface area contributed by atoms with Gasteiger partial charge in [0.1, 0.15) is 12.4 Å². The van der Waals surface area contributed by atoms with Crippen molar-refractivity contribution in [2.75, 3.05) is 19.8 Å². The Labute approximate surface area is 171 Å². The van der Waals surface area contributed by atoms with E-state index in [1.165, 1.54) is 6.92 Å². The van der Waals surface area contributed by atoms with Crippen LogP contribution >= 0.6 is 7.60 Å². The van der Waals surface area contributed by atoms with E-state index in [0.717, 1.165) is 5.56 Å². The molecule has 2 aliphatic rings. The van der Waals surface area contributed by atoms with Crippen LogP contribution in [-0.4, -0.2) is 48.3 Å². The minimum atomic E-state index is -3.54. The Kier molecular flexibility index (Phi) is 6.93. The van der Waals surface area contributed by atoms with Gasteiger partial charge in [0.05, 0.1) is 36.9 Å². The van der Waals surface area contributed by atoms with Crippen molar-refractivity contribution in [1.82, 2.24) is 4.90 Å². The topological polar surface area (TPSA) is 82.1 Å². The van der Waals surface area contributed by atoms with Gasteiger partial charge in [0, 0.05) is 0 Å². The Morgan fingerprint density at radius 3 is 2.45 bits per heavy atom. The summed E-state index contributed by atoms with van der Waals surface area (Å²) in [6.07, 6.45) is 3.60. The van der Waals surface area contributed by atoms with Crippen molar-refractivity contribution in [1.29, 1.82) is 0 Å². The predicted octanol–water partition coefficient (Wildman–Crippen LogP) is 4.35. The molecule has 0 N–H and O–H groups in total. The van der Waals surface area contributed by atoms with E-state index in [4.69, 9.17) is 13.8 Å². The number of ketones is 1. The summed E-state index contributed by atoms with van der Waals surface area (Å²) in [4.78, 5) is 27.0. The fourth-order valence-electron chi connectivity index (χ4n) is 4.24. The molecule has 1 aliphatic carbocycles. The molecule has 1 aromatic rings. The summed E-state index contributed by atoms with van der Waals surface area (Å²) in [7, 11) is -3.54. The van der Waals surface area contributed by atoms with Crippen LogP contribution in [0.15, 0.2) is 42.5 Å². The van der Waals surface area contributed by atoms with Crippen molar-refractivity contribution in [2.24, 2.45) is 5.92 Å². The third-order valence-electron chi connectivity index (χ3n) is 5.40. The van der Waals surface area contributed by atoms with Gasteiger partial charge in [0.15, 0.2) is 0 Å². The zero-order valence-electron chi connectivity index (χ0n) is 17.0. The van der Waals surface area contributed by atoms with Crippen molar-refractivity contribution in [3.05, 3.63) is 48.0 Å². The van der Waals surface area contributed by atoms with Crippen LogP contribution in [0.5, 0.6) is 0 Å². The summed E-state index contributed by atoms with van der Waals surface area (Å²) in [5.74, 6) is -0.865. The maximum absolute atomic E-state index is 13.5. The van der Waals surface area contributed by atoms with Crippen LogP contribution in [0.2, 0.25) is 0 Å². The van der Waals surface area contributed by atoms with E-state index < -0.39 is 31.3 Å². The van der Waals surface area contributed by atoms with Crippen molar-refractivity contribution in [3.8, 4) is 0 Å². The number of allylic oxidation sites excluding steroid dienone is 1. The van der Waals surface area contributed by atoms with Gasteiger partial charge in [0.25, 0.3) is 0 Å². The largest absolute Gasteiger partial charge is 0.447 e. The number of rotatable bonds is 8. The number of ether oxygens (including phenoxy) is 1. The van der Waals surface area contributed by atoms with Crippen LogP contribution in [0.4, 0.5) is 4.79 Å². The van der Waals surface area contributed by atoms with E-state index >= 15 is 0 Å². The number of hydrogen-bond donors (Lipinski definition) is 0. The summed E-state index contributed by atoms with van der Waals surface area (Å²) < 4.78 is 30.0. The third kappa shape index (κ3) is 4.32. The molecule has 3 rings (SSSR count).